The summed E-state index contributed by atoms with van der Waals surface area (Å²) in [4.78, 5) is 15.5. The summed E-state index contributed by atoms with van der Waals surface area (Å²) in [5.74, 6) is -3.26. The minimum atomic E-state index is -3.26. The monoisotopic (exact) mass is 355 g/mol. The number of nitrogens with one attached hydrogen (secondary N) is 1. The van der Waals surface area contributed by atoms with E-state index in [1.54, 1.807) is 0 Å². The Bertz CT molecular complexity index is 609. The number of nitrogens with zero attached hydrogens (tertiary/aromatic N) is 2. The number of aliphatic hydroxyl groups excluding tert-OH is 1. The number of hydrogen-bond acceptors (Lipinski definition) is 4. The van der Waals surface area contributed by atoms with Crippen LogP contribution >= 0.6 is 0 Å². The summed E-state index contributed by atoms with van der Waals surface area (Å²) in [7, 11) is 0. The second-order valence-electron chi connectivity index (χ2n) is 6.37. The highest BCUT2D eigenvalue weighted by Gasteiger charge is 2.44. The summed E-state index contributed by atoms with van der Waals surface area (Å²) < 4.78 is 32.5. The van der Waals surface area contributed by atoms with Gasteiger partial charge in [-0.2, -0.15) is 0 Å². The van der Waals surface area contributed by atoms with Crippen LogP contribution < -0.4 is 10.2 Å². The number of rotatable bonds is 3. The van der Waals surface area contributed by atoms with Gasteiger partial charge in [-0.3, -0.25) is 0 Å². The molecule has 0 aromatic heterocycles. The predicted molar refractivity (Wildman–Crippen MR) is 88.9 cm³/mol. The number of anilines is 1. The first-order valence-electron chi connectivity index (χ1n) is 8.46. The molecule has 2 heterocycles. The van der Waals surface area contributed by atoms with Crippen molar-refractivity contribution in [1.82, 2.24) is 10.2 Å². The van der Waals surface area contributed by atoms with Crippen molar-refractivity contribution in [3.05, 3.63) is 29.8 Å². The molecule has 2 fully saturated rings. The van der Waals surface area contributed by atoms with Crippen LogP contribution in [0.2, 0.25) is 0 Å². The Morgan fingerprint density at radius 2 is 2.00 bits per heavy atom. The Morgan fingerprint density at radius 3 is 2.72 bits per heavy atom. The van der Waals surface area contributed by atoms with Crippen LogP contribution in [0.4, 0.5) is 19.3 Å². The lowest BCUT2D eigenvalue weighted by atomic mass is 10.0. The maximum atomic E-state index is 13.6. The van der Waals surface area contributed by atoms with Crippen LogP contribution in [0.1, 0.15) is 12.0 Å². The number of carbonyl (C=O) groups excluding carboxylic acids is 1. The molecule has 1 atom stereocenters. The summed E-state index contributed by atoms with van der Waals surface area (Å²) in [5.41, 5.74) is 1.95. The molecule has 3 rings (SSSR count). The number of piperidine rings is 1. The molecule has 0 bridgehead atoms. The van der Waals surface area contributed by atoms with Gasteiger partial charge < -0.3 is 25.0 Å². The number of amides is 2. The summed E-state index contributed by atoms with van der Waals surface area (Å²) >= 11 is 0. The van der Waals surface area contributed by atoms with E-state index in [2.05, 4.69) is 10.2 Å². The second kappa shape index (κ2) is 7.53. The molecule has 0 aliphatic carbocycles. The number of likely N-dealkylation sites (tertiary alicyclic amines) is 1. The number of carbonyl (C=O) groups is 1. The fourth-order valence-corrected chi connectivity index (χ4v) is 3.16. The number of hydrogen-bond donors (Lipinski definition) is 2. The normalized spacial score (nSPS) is 23.4. The van der Waals surface area contributed by atoms with Crippen LogP contribution in [0.3, 0.4) is 0 Å². The van der Waals surface area contributed by atoms with E-state index in [1.165, 1.54) is 0 Å². The van der Waals surface area contributed by atoms with E-state index >= 15 is 0 Å². The fourth-order valence-electron chi connectivity index (χ4n) is 3.16. The first-order chi connectivity index (χ1) is 12.0. The van der Waals surface area contributed by atoms with Crippen LogP contribution in [-0.4, -0.2) is 67.5 Å². The van der Waals surface area contributed by atoms with Crippen LogP contribution in [0.5, 0.6) is 0 Å². The van der Waals surface area contributed by atoms with Gasteiger partial charge in [-0.1, -0.05) is 18.2 Å². The summed E-state index contributed by atoms with van der Waals surface area (Å²) in [5, 5.41) is 12.0. The molecule has 0 saturated carbocycles. The van der Waals surface area contributed by atoms with Gasteiger partial charge in [0.15, 0.2) is 0 Å². The average Bonchev–Trinajstić information content (AvgIpc) is 2.63. The van der Waals surface area contributed by atoms with Crippen molar-refractivity contribution in [1.29, 1.82) is 0 Å². The molecule has 1 unspecified atom stereocenters. The number of benzene rings is 1. The van der Waals surface area contributed by atoms with E-state index in [0.29, 0.717) is 13.2 Å². The molecular formula is C17H23F2N3O3. The van der Waals surface area contributed by atoms with Crippen LogP contribution in [-0.2, 0) is 11.3 Å². The van der Waals surface area contributed by atoms with Crippen molar-refractivity contribution in [2.24, 2.45) is 0 Å². The molecule has 8 heteroatoms. The number of halogens is 2. The van der Waals surface area contributed by atoms with E-state index in [-0.39, 0.29) is 19.5 Å². The van der Waals surface area contributed by atoms with Crippen molar-refractivity contribution < 1.29 is 23.4 Å². The van der Waals surface area contributed by atoms with Gasteiger partial charge in [0.05, 0.1) is 19.8 Å². The minimum absolute atomic E-state index is 0.119. The van der Waals surface area contributed by atoms with Gasteiger partial charge in [0.25, 0.3) is 5.92 Å². The van der Waals surface area contributed by atoms with Gasteiger partial charge in [0, 0.05) is 31.9 Å². The van der Waals surface area contributed by atoms with E-state index < -0.39 is 24.6 Å². The fraction of sp³-hybridized carbons (Fsp3) is 0.588. The highest BCUT2D eigenvalue weighted by atomic mass is 19.3. The summed E-state index contributed by atoms with van der Waals surface area (Å²) in [6.07, 6.45) is -1.80. The number of urea groups is 1. The zero-order chi connectivity index (χ0) is 17.9. The molecule has 2 N–H and O–H groups in total. The topological polar surface area (TPSA) is 65.0 Å². The standard InChI is InChI=1S/C17H23F2N3O3/c18-17(19)12-22(6-5-15(17)23)16(24)20-11-13-3-1-2-4-14(13)21-7-9-25-10-8-21/h1-4,15,23H,5-12H2,(H,20,24). The molecule has 2 aliphatic heterocycles. The number of aliphatic hydroxyl groups is 1. The van der Waals surface area contributed by atoms with Crippen molar-refractivity contribution in [3.63, 3.8) is 0 Å². The molecule has 1 aromatic carbocycles. The number of morpholine rings is 1. The zero-order valence-electron chi connectivity index (χ0n) is 14.0. The minimum Gasteiger partial charge on any atom is -0.387 e. The first kappa shape index (κ1) is 17.9. The van der Waals surface area contributed by atoms with Crippen molar-refractivity contribution in [3.8, 4) is 0 Å². The van der Waals surface area contributed by atoms with Crippen molar-refractivity contribution >= 4 is 11.7 Å². The molecule has 2 amide bonds. The zero-order valence-corrected chi connectivity index (χ0v) is 14.0. The largest absolute Gasteiger partial charge is 0.387 e. The molecule has 2 aliphatic rings. The smallest absolute Gasteiger partial charge is 0.317 e. The molecular weight excluding hydrogens is 332 g/mol. The van der Waals surface area contributed by atoms with Gasteiger partial charge >= 0.3 is 6.03 Å². The van der Waals surface area contributed by atoms with E-state index in [1.807, 2.05) is 24.3 Å². The van der Waals surface area contributed by atoms with Gasteiger partial charge in [0.1, 0.15) is 6.10 Å². The molecule has 2 saturated heterocycles. The summed E-state index contributed by atoms with van der Waals surface area (Å²) in [6, 6.07) is 7.18. The Morgan fingerprint density at radius 1 is 1.28 bits per heavy atom. The maximum absolute atomic E-state index is 13.6. The van der Waals surface area contributed by atoms with Crippen LogP contribution in [0.15, 0.2) is 24.3 Å². The SMILES string of the molecule is O=C(NCc1ccccc1N1CCOCC1)N1CCC(O)C(F)(F)C1. The molecule has 1 aromatic rings. The van der Waals surface area contributed by atoms with E-state index in [4.69, 9.17) is 4.74 Å². The van der Waals surface area contributed by atoms with Gasteiger partial charge in [0.2, 0.25) is 0 Å². The lowest BCUT2D eigenvalue weighted by Crippen LogP contribution is -2.55. The van der Waals surface area contributed by atoms with Crippen LogP contribution in [0.25, 0.3) is 0 Å². The lowest BCUT2D eigenvalue weighted by Gasteiger charge is -2.36. The van der Waals surface area contributed by atoms with Gasteiger partial charge in [-0.05, 0) is 18.1 Å². The second-order valence-corrected chi connectivity index (χ2v) is 6.37. The van der Waals surface area contributed by atoms with E-state index in [0.717, 1.165) is 29.2 Å². The molecule has 0 radical (unpaired) electrons. The molecule has 6 nitrogen and oxygen atoms in total. The Kier molecular flexibility index (Phi) is 5.39. The van der Waals surface area contributed by atoms with Crippen molar-refractivity contribution in [2.45, 2.75) is 25.0 Å². The maximum Gasteiger partial charge on any atom is 0.317 e. The number of alkyl halides is 2. The molecule has 0 spiro atoms. The Labute approximate surface area is 145 Å². The highest BCUT2D eigenvalue weighted by molar-refractivity contribution is 5.74. The third-order valence-corrected chi connectivity index (χ3v) is 4.62. The molecule has 25 heavy (non-hydrogen) atoms. The predicted octanol–water partition coefficient (Wildman–Crippen LogP) is 1.43. The highest BCUT2D eigenvalue weighted by Crippen LogP contribution is 2.27. The number of ether oxygens (including phenoxy) is 1. The third-order valence-electron chi connectivity index (χ3n) is 4.62. The Hall–Kier alpha value is -1.93. The van der Waals surface area contributed by atoms with Gasteiger partial charge in [-0.25, -0.2) is 13.6 Å². The average molecular weight is 355 g/mol. The van der Waals surface area contributed by atoms with Crippen molar-refractivity contribution in [2.75, 3.05) is 44.3 Å². The summed E-state index contributed by atoms with van der Waals surface area (Å²) in [6.45, 7) is 2.50. The van der Waals surface area contributed by atoms with Gasteiger partial charge in [-0.15, -0.1) is 0 Å². The third kappa shape index (κ3) is 4.19. The Balaban J connectivity index is 1.61. The lowest BCUT2D eigenvalue weighted by molar-refractivity contribution is -0.141. The molecule has 138 valence electrons. The van der Waals surface area contributed by atoms with Crippen LogP contribution in [0, 0.1) is 0 Å². The first-order valence-corrected chi connectivity index (χ1v) is 8.46. The quantitative estimate of drug-likeness (QED) is 0.861. The van der Waals surface area contributed by atoms with E-state index in [9.17, 15) is 18.7 Å². The number of para-hydroxylation sites is 1.